The summed E-state index contributed by atoms with van der Waals surface area (Å²) in [7, 11) is 0. The molecule has 0 aromatic rings. The van der Waals surface area contributed by atoms with Gasteiger partial charge in [0.2, 0.25) is 0 Å². The number of unbranched alkanes of at least 4 members (excludes halogenated alkanes) is 10. The molecule has 0 aliphatic rings. The van der Waals surface area contributed by atoms with Gasteiger partial charge in [-0.05, 0) is 52.4 Å². The minimum atomic E-state index is -0.220. The van der Waals surface area contributed by atoms with Gasteiger partial charge in [-0.2, -0.15) is 0 Å². The van der Waals surface area contributed by atoms with E-state index in [9.17, 15) is 4.79 Å². The van der Waals surface area contributed by atoms with Crippen LogP contribution in [0.15, 0.2) is 24.3 Å². The number of carbonyl (C=O) groups is 1. The second-order valence-electron chi connectivity index (χ2n) is 6.55. The van der Waals surface area contributed by atoms with Gasteiger partial charge in [0.05, 0.1) is 6.10 Å². The van der Waals surface area contributed by atoms with E-state index in [1.54, 1.807) is 6.08 Å². The van der Waals surface area contributed by atoms with Crippen molar-refractivity contribution in [2.45, 2.75) is 104 Å². The molecule has 0 heterocycles. The maximum Gasteiger partial charge on any atom is 0.330 e. The van der Waals surface area contributed by atoms with E-state index in [1.807, 2.05) is 19.9 Å². The van der Waals surface area contributed by atoms with Crippen LogP contribution in [0.4, 0.5) is 0 Å². The molecule has 2 nitrogen and oxygen atoms in total. The molecule has 2 heteroatoms. The Morgan fingerprint density at radius 3 is 1.78 bits per heavy atom. The SMILES string of the molecule is CCCCCC=CCCCCCCCCC=CC(=O)OC(C)C. The molecule has 0 bridgehead atoms. The molecular formula is C21H38O2. The first kappa shape index (κ1) is 21.9. The van der Waals surface area contributed by atoms with Crippen LogP contribution in [0.25, 0.3) is 0 Å². The quantitative estimate of drug-likeness (QED) is 0.144. The molecule has 0 aliphatic carbocycles. The first-order chi connectivity index (χ1) is 11.2. The lowest BCUT2D eigenvalue weighted by Crippen LogP contribution is -2.08. The minimum absolute atomic E-state index is 0.0293. The third kappa shape index (κ3) is 18.9. The number of ether oxygens (including phenoxy) is 1. The molecular weight excluding hydrogens is 284 g/mol. The number of rotatable bonds is 15. The summed E-state index contributed by atoms with van der Waals surface area (Å²) in [5.74, 6) is -0.220. The fourth-order valence-corrected chi connectivity index (χ4v) is 2.43. The Bertz CT molecular complexity index is 316. The largest absolute Gasteiger partial charge is 0.460 e. The van der Waals surface area contributed by atoms with Crippen LogP contribution in [-0.2, 0) is 9.53 Å². The van der Waals surface area contributed by atoms with Gasteiger partial charge in [0.25, 0.3) is 0 Å². The van der Waals surface area contributed by atoms with Gasteiger partial charge in [0.15, 0.2) is 0 Å². The lowest BCUT2D eigenvalue weighted by Gasteiger charge is -2.03. The van der Waals surface area contributed by atoms with Gasteiger partial charge in [-0.15, -0.1) is 0 Å². The Labute approximate surface area is 144 Å². The van der Waals surface area contributed by atoms with E-state index in [-0.39, 0.29) is 12.1 Å². The van der Waals surface area contributed by atoms with Crippen molar-refractivity contribution in [1.29, 1.82) is 0 Å². The molecule has 0 fully saturated rings. The number of allylic oxidation sites excluding steroid dienone is 3. The van der Waals surface area contributed by atoms with Crippen molar-refractivity contribution in [3.8, 4) is 0 Å². The molecule has 0 aromatic carbocycles. The van der Waals surface area contributed by atoms with E-state index >= 15 is 0 Å². The third-order valence-electron chi connectivity index (χ3n) is 3.74. The Morgan fingerprint density at radius 1 is 0.783 bits per heavy atom. The predicted molar refractivity (Wildman–Crippen MR) is 101 cm³/mol. The molecule has 0 spiro atoms. The summed E-state index contributed by atoms with van der Waals surface area (Å²) in [6.45, 7) is 5.99. The van der Waals surface area contributed by atoms with Gasteiger partial charge in [-0.1, -0.05) is 63.7 Å². The van der Waals surface area contributed by atoms with E-state index in [2.05, 4.69) is 19.1 Å². The van der Waals surface area contributed by atoms with Crippen LogP contribution in [0, 0.1) is 0 Å². The molecule has 0 N–H and O–H groups in total. The van der Waals surface area contributed by atoms with E-state index in [0.717, 1.165) is 6.42 Å². The molecule has 134 valence electrons. The predicted octanol–water partition coefficient (Wildman–Crippen LogP) is 6.75. The molecule has 0 aliphatic heterocycles. The zero-order valence-corrected chi connectivity index (χ0v) is 15.7. The van der Waals surface area contributed by atoms with Crippen molar-refractivity contribution in [3.63, 3.8) is 0 Å². The summed E-state index contributed by atoms with van der Waals surface area (Å²) >= 11 is 0. The van der Waals surface area contributed by atoms with Crippen LogP contribution in [-0.4, -0.2) is 12.1 Å². The fourth-order valence-electron chi connectivity index (χ4n) is 2.43. The van der Waals surface area contributed by atoms with Gasteiger partial charge in [-0.25, -0.2) is 4.79 Å². The van der Waals surface area contributed by atoms with Crippen LogP contribution in [0.1, 0.15) is 97.8 Å². The highest BCUT2D eigenvalue weighted by molar-refractivity contribution is 5.81. The Morgan fingerprint density at radius 2 is 1.26 bits per heavy atom. The Hall–Kier alpha value is -1.05. The number of hydrogen-bond acceptors (Lipinski definition) is 2. The maximum atomic E-state index is 11.3. The first-order valence-electron chi connectivity index (χ1n) is 9.69. The van der Waals surface area contributed by atoms with Gasteiger partial charge >= 0.3 is 5.97 Å². The van der Waals surface area contributed by atoms with Crippen molar-refractivity contribution in [2.24, 2.45) is 0 Å². The lowest BCUT2D eigenvalue weighted by molar-refractivity contribution is -0.141. The summed E-state index contributed by atoms with van der Waals surface area (Å²) in [5, 5.41) is 0. The highest BCUT2D eigenvalue weighted by Crippen LogP contribution is 2.10. The van der Waals surface area contributed by atoms with E-state index in [1.165, 1.54) is 70.6 Å². The molecule has 0 rings (SSSR count). The molecule has 0 saturated heterocycles. The van der Waals surface area contributed by atoms with Crippen LogP contribution < -0.4 is 0 Å². The monoisotopic (exact) mass is 322 g/mol. The molecule has 0 atom stereocenters. The van der Waals surface area contributed by atoms with Crippen molar-refractivity contribution in [1.82, 2.24) is 0 Å². The molecule has 0 unspecified atom stereocenters. The fraction of sp³-hybridized carbons (Fsp3) is 0.762. The number of esters is 1. The summed E-state index contributed by atoms with van der Waals surface area (Å²) in [6, 6.07) is 0. The second kappa shape index (κ2) is 17.3. The van der Waals surface area contributed by atoms with Crippen molar-refractivity contribution >= 4 is 5.97 Å². The average molecular weight is 323 g/mol. The Kier molecular flexibility index (Phi) is 16.5. The second-order valence-corrected chi connectivity index (χ2v) is 6.55. The normalized spacial score (nSPS) is 11.8. The van der Waals surface area contributed by atoms with Crippen molar-refractivity contribution in [2.75, 3.05) is 0 Å². The zero-order valence-electron chi connectivity index (χ0n) is 15.7. The molecule has 0 amide bonds. The highest BCUT2D eigenvalue weighted by Gasteiger charge is 1.98. The third-order valence-corrected chi connectivity index (χ3v) is 3.74. The van der Waals surface area contributed by atoms with E-state index < -0.39 is 0 Å². The zero-order chi connectivity index (χ0) is 17.2. The molecule has 0 aromatic heterocycles. The minimum Gasteiger partial charge on any atom is -0.460 e. The van der Waals surface area contributed by atoms with Gasteiger partial charge < -0.3 is 4.74 Å². The van der Waals surface area contributed by atoms with Gasteiger partial charge in [0.1, 0.15) is 0 Å². The first-order valence-corrected chi connectivity index (χ1v) is 9.69. The maximum absolute atomic E-state index is 11.3. The van der Waals surface area contributed by atoms with Crippen LogP contribution in [0.2, 0.25) is 0 Å². The molecule has 0 saturated carbocycles. The van der Waals surface area contributed by atoms with E-state index in [4.69, 9.17) is 4.74 Å². The lowest BCUT2D eigenvalue weighted by atomic mass is 10.1. The summed E-state index contributed by atoms with van der Waals surface area (Å²) in [4.78, 5) is 11.3. The average Bonchev–Trinajstić information content (AvgIpc) is 2.50. The van der Waals surface area contributed by atoms with Crippen molar-refractivity contribution < 1.29 is 9.53 Å². The van der Waals surface area contributed by atoms with Crippen LogP contribution in [0.5, 0.6) is 0 Å². The van der Waals surface area contributed by atoms with Crippen molar-refractivity contribution in [3.05, 3.63) is 24.3 Å². The smallest absolute Gasteiger partial charge is 0.330 e. The van der Waals surface area contributed by atoms with Crippen LogP contribution in [0.3, 0.4) is 0 Å². The van der Waals surface area contributed by atoms with Crippen LogP contribution >= 0.6 is 0 Å². The summed E-state index contributed by atoms with van der Waals surface area (Å²) in [5.41, 5.74) is 0. The summed E-state index contributed by atoms with van der Waals surface area (Å²) < 4.78 is 5.04. The highest BCUT2D eigenvalue weighted by atomic mass is 16.5. The van der Waals surface area contributed by atoms with Gasteiger partial charge in [-0.3, -0.25) is 0 Å². The molecule has 0 radical (unpaired) electrons. The van der Waals surface area contributed by atoms with Gasteiger partial charge in [0, 0.05) is 6.08 Å². The standard InChI is InChI=1S/C21H38O2/c1-4-5-6-7-8-9-10-11-12-13-14-15-16-17-18-19-21(22)23-20(2)3/h8-9,18-20H,4-7,10-17H2,1-3H3. The topological polar surface area (TPSA) is 26.3 Å². The number of carbonyl (C=O) groups excluding carboxylic acids is 1. The Balaban J connectivity index is 3.24. The van der Waals surface area contributed by atoms with E-state index in [0.29, 0.717) is 0 Å². The summed E-state index contributed by atoms with van der Waals surface area (Å²) in [6.07, 6.45) is 23.4. The number of hydrogen-bond donors (Lipinski definition) is 0. The molecule has 23 heavy (non-hydrogen) atoms.